The molecule has 0 bridgehead atoms. The molecule has 2 nitrogen and oxygen atoms in total. The molecule has 0 spiro atoms. The van der Waals surface area contributed by atoms with E-state index in [1.807, 2.05) is 24.3 Å². The van der Waals surface area contributed by atoms with Crippen molar-refractivity contribution in [2.24, 2.45) is 0 Å². The molecule has 0 aliphatic rings. The molecule has 0 unspecified atom stereocenters. The largest absolute Gasteiger partial charge is 0.297 e. The third kappa shape index (κ3) is 4.96. The third-order valence-corrected chi connectivity index (χ3v) is 6.65. The Morgan fingerprint density at radius 2 is 1.14 bits per heavy atom. The molecule has 3 heterocycles. The third-order valence-electron chi connectivity index (χ3n) is 2.27. The second-order valence-corrected chi connectivity index (χ2v) is 9.76. The molecule has 108 valence electrons. The van der Waals surface area contributed by atoms with Crippen molar-refractivity contribution in [3.63, 3.8) is 0 Å². The van der Waals surface area contributed by atoms with E-state index in [4.69, 9.17) is 0 Å². The lowest BCUT2D eigenvalue weighted by Crippen LogP contribution is -1.62. The molecule has 0 aromatic carbocycles. The van der Waals surface area contributed by atoms with E-state index in [1.54, 1.807) is 17.4 Å². The Labute approximate surface area is 150 Å². The number of carbonyl (C=O) groups excluding carboxylic acids is 2. The number of carbonyl (C=O) groups is 2. The van der Waals surface area contributed by atoms with Crippen LogP contribution in [0.5, 0.6) is 0 Å². The summed E-state index contributed by atoms with van der Waals surface area (Å²) >= 11 is 11.3. The summed E-state index contributed by atoms with van der Waals surface area (Å²) in [6.07, 6.45) is 1.73. The summed E-state index contributed by atoms with van der Waals surface area (Å²) in [5, 5.41) is 0. The molecule has 0 N–H and O–H groups in total. The number of aldehydes is 2. The van der Waals surface area contributed by atoms with Gasteiger partial charge in [0.05, 0.1) is 17.3 Å². The van der Waals surface area contributed by atoms with Crippen LogP contribution in [0, 0.1) is 0 Å². The first-order chi connectivity index (χ1) is 10.1. The average Bonchev–Trinajstić information content (AvgIpc) is 3.19. The zero-order chi connectivity index (χ0) is 15.2. The second kappa shape index (κ2) is 8.14. The van der Waals surface area contributed by atoms with Gasteiger partial charge in [-0.15, -0.1) is 34.0 Å². The molecule has 0 amide bonds. The number of halogens is 2. The van der Waals surface area contributed by atoms with Crippen LogP contribution in [0.2, 0.25) is 0 Å². The van der Waals surface area contributed by atoms with Gasteiger partial charge < -0.3 is 0 Å². The maximum atomic E-state index is 10.5. The highest BCUT2D eigenvalue weighted by atomic mass is 79.9. The van der Waals surface area contributed by atoms with Crippen LogP contribution in [-0.4, -0.2) is 12.6 Å². The summed E-state index contributed by atoms with van der Waals surface area (Å²) in [6, 6.07) is 11.5. The molecule has 0 aliphatic carbocycles. The van der Waals surface area contributed by atoms with Crippen LogP contribution in [0.4, 0.5) is 0 Å². The minimum Gasteiger partial charge on any atom is -0.297 e. The first-order valence-electron chi connectivity index (χ1n) is 5.63. The van der Waals surface area contributed by atoms with Crippen LogP contribution in [0.25, 0.3) is 9.75 Å². The van der Waals surface area contributed by atoms with Crippen LogP contribution < -0.4 is 0 Å². The molecule has 3 aromatic heterocycles. The zero-order valence-electron chi connectivity index (χ0n) is 10.4. The van der Waals surface area contributed by atoms with Crippen LogP contribution >= 0.6 is 65.9 Å². The summed E-state index contributed by atoms with van der Waals surface area (Å²) in [4.78, 5) is 24.4. The Morgan fingerprint density at radius 3 is 1.57 bits per heavy atom. The van der Waals surface area contributed by atoms with E-state index in [0.29, 0.717) is 0 Å². The fraction of sp³-hybridized carbons (Fsp3) is 0. The second-order valence-electron chi connectivity index (χ2n) is 3.68. The van der Waals surface area contributed by atoms with Crippen LogP contribution in [0.3, 0.4) is 0 Å². The Balaban J connectivity index is 0.000000173. The Hall–Kier alpha value is -0.600. The Morgan fingerprint density at radius 1 is 0.667 bits per heavy atom. The summed E-state index contributed by atoms with van der Waals surface area (Å²) in [6.45, 7) is 0. The van der Waals surface area contributed by atoms with Crippen LogP contribution in [-0.2, 0) is 0 Å². The first-order valence-corrected chi connectivity index (χ1v) is 9.67. The molecule has 3 rings (SSSR count). The predicted octanol–water partition coefficient (Wildman–Crippen LogP) is 6.37. The fourth-order valence-corrected chi connectivity index (χ4v) is 4.92. The molecule has 0 aliphatic heterocycles. The lowest BCUT2D eigenvalue weighted by molar-refractivity contribution is 0.111. The van der Waals surface area contributed by atoms with Gasteiger partial charge in [-0.25, -0.2) is 0 Å². The van der Waals surface area contributed by atoms with Crippen molar-refractivity contribution in [3.05, 3.63) is 53.7 Å². The number of hydrogen-bond donors (Lipinski definition) is 0. The molecule has 0 saturated heterocycles. The standard InChI is InChI=1S/C9H5BrOS2.C5H3BrOS/c10-9-4-3-8(13-9)7-2-1-6(5-11)12-7;6-5-2-1-4(3-7)8-5/h1-5H;1-3H. The monoisotopic (exact) mass is 462 g/mol. The van der Waals surface area contributed by atoms with Gasteiger partial charge in [0.2, 0.25) is 0 Å². The van der Waals surface area contributed by atoms with Crippen molar-refractivity contribution in [3.8, 4) is 9.75 Å². The number of rotatable bonds is 3. The van der Waals surface area contributed by atoms with Crippen LogP contribution in [0.1, 0.15) is 19.3 Å². The number of thiophene rings is 3. The highest BCUT2D eigenvalue weighted by Gasteiger charge is 2.04. The summed E-state index contributed by atoms with van der Waals surface area (Å²) in [5.74, 6) is 0. The molecule has 0 saturated carbocycles. The van der Waals surface area contributed by atoms with Gasteiger partial charge in [-0.1, -0.05) is 0 Å². The van der Waals surface area contributed by atoms with E-state index < -0.39 is 0 Å². The predicted molar refractivity (Wildman–Crippen MR) is 98.1 cm³/mol. The van der Waals surface area contributed by atoms with E-state index >= 15 is 0 Å². The molecule has 7 heteroatoms. The van der Waals surface area contributed by atoms with E-state index in [2.05, 4.69) is 37.9 Å². The van der Waals surface area contributed by atoms with Gasteiger partial charge in [-0.2, -0.15) is 0 Å². The molecular weight excluding hydrogens is 456 g/mol. The first kappa shape index (κ1) is 16.8. The van der Waals surface area contributed by atoms with E-state index in [9.17, 15) is 9.59 Å². The normalized spacial score (nSPS) is 9.81. The van der Waals surface area contributed by atoms with Gasteiger partial charge in [0.1, 0.15) is 0 Å². The lowest BCUT2D eigenvalue weighted by Gasteiger charge is -1.86. The average molecular weight is 464 g/mol. The molecular formula is C14H8Br2O2S3. The van der Waals surface area contributed by atoms with E-state index in [-0.39, 0.29) is 0 Å². The van der Waals surface area contributed by atoms with Crippen molar-refractivity contribution < 1.29 is 9.59 Å². The summed E-state index contributed by atoms with van der Waals surface area (Å²) in [7, 11) is 0. The minimum absolute atomic E-state index is 0.761. The molecule has 0 fully saturated rings. The van der Waals surface area contributed by atoms with Crippen molar-refractivity contribution in [1.29, 1.82) is 0 Å². The van der Waals surface area contributed by atoms with Gasteiger partial charge in [0.15, 0.2) is 12.6 Å². The Bertz CT molecular complexity index is 743. The SMILES string of the molecule is O=Cc1ccc(-c2ccc(Br)s2)s1.O=Cc1ccc(Br)s1. The maximum absolute atomic E-state index is 10.5. The summed E-state index contributed by atoms with van der Waals surface area (Å²) < 4.78 is 2.11. The van der Waals surface area contributed by atoms with Crippen molar-refractivity contribution in [2.75, 3.05) is 0 Å². The molecule has 21 heavy (non-hydrogen) atoms. The van der Waals surface area contributed by atoms with Crippen molar-refractivity contribution in [2.45, 2.75) is 0 Å². The van der Waals surface area contributed by atoms with Crippen LogP contribution in [0.15, 0.2) is 44.0 Å². The topological polar surface area (TPSA) is 34.1 Å². The maximum Gasteiger partial charge on any atom is 0.160 e. The highest BCUT2D eigenvalue weighted by molar-refractivity contribution is 9.11. The van der Waals surface area contributed by atoms with Gasteiger partial charge in [0.25, 0.3) is 0 Å². The lowest BCUT2D eigenvalue weighted by atomic mass is 10.4. The molecule has 3 aromatic rings. The Kier molecular flexibility index (Phi) is 6.50. The van der Waals surface area contributed by atoms with Gasteiger partial charge in [-0.3, -0.25) is 9.59 Å². The fourth-order valence-electron chi connectivity index (χ4n) is 1.39. The highest BCUT2D eigenvalue weighted by Crippen LogP contribution is 2.35. The van der Waals surface area contributed by atoms with Crippen molar-refractivity contribution in [1.82, 2.24) is 0 Å². The van der Waals surface area contributed by atoms with Gasteiger partial charge in [0, 0.05) is 9.75 Å². The molecule has 0 radical (unpaired) electrons. The van der Waals surface area contributed by atoms with Gasteiger partial charge in [-0.05, 0) is 68.3 Å². The molecule has 0 atom stereocenters. The smallest absolute Gasteiger partial charge is 0.160 e. The minimum atomic E-state index is 0.761. The zero-order valence-corrected chi connectivity index (χ0v) is 16.0. The van der Waals surface area contributed by atoms with Gasteiger partial charge >= 0.3 is 0 Å². The summed E-state index contributed by atoms with van der Waals surface area (Å²) in [5.41, 5.74) is 0. The quantitative estimate of drug-likeness (QED) is 0.422. The number of hydrogen-bond acceptors (Lipinski definition) is 5. The van der Waals surface area contributed by atoms with E-state index in [0.717, 1.165) is 34.8 Å². The van der Waals surface area contributed by atoms with E-state index in [1.165, 1.54) is 27.6 Å². The van der Waals surface area contributed by atoms with Crippen molar-refractivity contribution >= 4 is 78.4 Å².